The van der Waals surface area contributed by atoms with Crippen LogP contribution in [-0.2, 0) is 9.53 Å². The van der Waals surface area contributed by atoms with E-state index in [9.17, 15) is 9.59 Å². The van der Waals surface area contributed by atoms with Crippen molar-refractivity contribution in [1.82, 2.24) is 10.2 Å². The molecule has 2 N–H and O–H groups in total. The van der Waals surface area contributed by atoms with E-state index in [2.05, 4.69) is 10.6 Å². The van der Waals surface area contributed by atoms with Crippen LogP contribution in [-0.4, -0.2) is 56.6 Å². The number of anilines is 1. The molecule has 0 unspecified atom stereocenters. The molecular formula is C16H22ClN3O3. The van der Waals surface area contributed by atoms with Crippen LogP contribution in [0.4, 0.5) is 5.69 Å². The number of carbonyl (C=O) groups excluding carboxylic acids is 2. The molecule has 1 aromatic carbocycles. The Morgan fingerprint density at radius 2 is 1.96 bits per heavy atom. The molecule has 0 aromatic heterocycles. The molecule has 23 heavy (non-hydrogen) atoms. The zero-order valence-electron chi connectivity index (χ0n) is 13.6. The molecule has 0 radical (unpaired) electrons. The van der Waals surface area contributed by atoms with Gasteiger partial charge in [0.05, 0.1) is 10.6 Å². The summed E-state index contributed by atoms with van der Waals surface area (Å²) in [6, 6.07) is 4.87. The molecule has 0 spiro atoms. The average Bonchev–Trinajstić information content (AvgIpc) is 2.54. The van der Waals surface area contributed by atoms with Crippen molar-refractivity contribution in [3.8, 4) is 0 Å². The van der Waals surface area contributed by atoms with E-state index in [0.717, 1.165) is 13.1 Å². The third-order valence-electron chi connectivity index (χ3n) is 4.08. The highest BCUT2D eigenvalue weighted by atomic mass is 35.5. The first-order valence-corrected chi connectivity index (χ1v) is 7.86. The number of nitrogens with one attached hydrogen (secondary N) is 2. The van der Waals surface area contributed by atoms with Gasteiger partial charge in [-0.3, -0.25) is 9.59 Å². The first kappa shape index (κ1) is 17.7. The number of halogens is 1. The van der Waals surface area contributed by atoms with Gasteiger partial charge in [0.1, 0.15) is 5.60 Å². The van der Waals surface area contributed by atoms with Gasteiger partial charge in [-0.1, -0.05) is 11.6 Å². The van der Waals surface area contributed by atoms with Gasteiger partial charge in [0.2, 0.25) is 0 Å². The number of amides is 2. The van der Waals surface area contributed by atoms with Crippen LogP contribution in [0, 0.1) is 0 Å². The van der Waals surface area contributed by atoms with Crippen molar-refractivity contribution in [2.75, 3.05) is 39.6 Å². The molecule has 6 nitrogen and oxygen atoms in total. The van der Waals surface area contributed by atoms with E-state index in [1.165, 1.54) is 4.90 Å². The minimum absolute atomic E-state index is 0.181. The standard InChI is InChI=1S/C16H22ClN3O3/c1-20(2)14(21)12-5-4-11(10-13(12)17)19-15(22)16(23-3)6-8-18-9-7-16/h4-5,10,18H,6-9H2,1-3H3,(H,19,22). The van der Waals surface area contributed by atoms with Crippen molar-refractivity contribution in [3.05, 3.63) is 28.8 Å². The first-order chi connectivity index (χ1) is 10.9. The van der Waals surface area contributed by atoms with E-state index in [1.807, 2.05) is 0 Å². The molecule has 1 aromatic rings. The highest BCUT2D eigenvalue weighted by Crippen LogP contribution is 2.26. The average molecular weight is 340 g/mol. The van der Waals surface area contributed by atoms with Gasteiger partial charge >= 0.3 is 0 Å². The van der Waals surface area contributed by atoms with Crippen molar-refractivity contribution in [2.45, 2.75) is 18.4 Å². The third kappa shape index (κ3) is 3.83. The molecule has 7 heteroatoms. The summed E-state index contributed by atoms with van der Waals surface area (Å²) < 4.78 is 5.49. The van der Waals surface area contributed by atoms with Gasteiger partial charge < -0.3 is 20.3 Å². The van der Waals surface area contributed by atoms with Crippen molar-refractivity contribution in [3.63, 3.8) is 0 Å². The van der Waals surface area contributed by atoms with E-state index in [0.29, 0.717) is 29.1 Å². The molecule has 1 saturated heterocycles. The van der Waals surface area contributed by atoms with Crippen molar-refractivity contribution in [2.24, 2.45) is 0 Å². The smallest absolute Gasteiger partial charge is 0.256 e. The lowest BCUT2D eigenvalue weighted by atomic mass is 9.91. The van der Waals surface area contributed by atoms with Crippen molar-refractivity contribution >= 4 is 29.1 Å². The molecule has 2 rings (SSSR count). The lowest BCUT2D eigenvalue weighted by Gasteiger charge is -2.34. The molecule has 1 heterocycles. The van der Waals surface area contributed by atoms with Gasteiger partial charge in [0.15, 0.2) is 0 Å². The van der Waals surface area contributed by atoms with Gasteiger partial charge in [-0.25, -0.2) is 0 Å². The molecule has 1 aliphatic heterocycles. The SMILES string of the molecule is COC1(C(=O)Nc2ccc(C(=O)N(C)C)c(Cl)c2)CCNCC1. The van der Waals surface area contributed by atoms with Crippen LogP contribution in [0.15, 0.2) is 18.2 Å². The normalized spacial score (nSPS) is 16.7. The fourth-order valence-corrected chi connectivity index (χ4v) is 2.87. The van der Waals surface area contributed by atoms with Gasteiger partial charge in [0, 0.05) is 26.9 Å². The Morgan fingerprint density at radius 3 is 2.48 bits per heavy atom. The summed E-state index contributed by atoms with van der Waals surface area (Å²) in [5, 5.41) is 6.35. The van der Waals surface area contributed by atoms with E-state index in [4.69, 9.17) is 16.3 Å². The molecule has 0 aliphatic carbocycles. The van der Waals surface area contributed by atoms with Crippen LogP contribution < -0.4 is 10.6 Å². The Balaban J connectivity index is 2.15. The zero-order valence-corrected chi connectivity index (χ0v) is 14.4. The molecule has 0 saturated carbocycles. The minimum atomic E-state index is -0.824. The number of ether oxygens (including phenoxy) is 1. The van der Waals surface area contributed by atoms with Gasteiger partial charge in [0.25, 0.3) is 11.8 Å². The predicted octanol–water partition coefficient (Wildman–Crippen LogP) is 1.75. The molecular weight excluding hydrogens is 318 g/mol. The number of rotatable bonds is 4. The highest BCUT2D eigenvalue weighted by Gasteiger charge is 2.39. The summed E-state index contributed by atoms with van der Waals surface area (Å²) in [4.78, 5) is 26.0. The summed E-state index contributed by atoms with van der Waals surface area (Å²) in [5.41, 5.74) is 0.124. The lowest BCUT2D eigenvalue weighted by molar-refractivity contribution is -0.140. The largest absolute Gasteiger partial charge is 0.368 e. The number of methoxy groups -OCH3 is 1. The quantitative estimate of drug-likeness (QED) is 0.876. The number of hydrogen-bond donors (Lipinski definition) is 2. The van der Waals surface area contributed by atoms with E-state index in [1.54, 1.807) is 39.4 Å². The van der Waals surface area contributed by atoms with Gasteiger partial charge in [-0.2, -0.15) is 0 Å². The first-order valence-electron chi connectivity index (χ1n) is 7.48. The Morgan fingerprint density at radius 1 is 1.30 bits per heavy atom. The Bertz CT molecular complexity index is 598. The maximum atomic E-state index is 12.6. The summed E-state index contributed by atoms with van der Waals surface area (Å²) in [5.74, 6) is -0.371. The number of piperidine rings is 1. The molecule has 126 valence electrons. The van der Waals surface area contributed by atoms with Crippen LogP contribution in [0.5, 0.6) is 0 Å². The van der Waals surface area contributed by atoms with Crippen LogP contribution in [0.3, 0.4) is 0 Å². The second kappa shape index (κ2) is 7.29. The van der Waals surface area contributed by atoms with Gasteiger partial charge in [-0.15, -0.1) is 0 Å². The lowest BCUT2D eigenvalue weighted by Crippen LogP contribution is -2.51. The summed E-state index contributed by atoms with van der Waals surface area (Å²) in [7, 11) is 4.87. The predicted molar refractivity (Wildman–Crippen MR) is 89.9 cm³/mol. The number of benzene rings is 1. The molecule has 1 aliphatic rings. The van der Waals surface area contributed by atoms with Crippen molar-refractivity contribution < 1.29 is 14.3 Å². The highest BCUT2D eigenvalue weighted by molar-refractivity contribution is 6.34. The van der Waals surface area contributed by atoms with Crippen LogP contribution in [0.1, 0.15) is 23.2 Å². The van der Waals surface area contributed by atoms with Gasteiger partial charge in [-0.05, 0) is 44.1 Å². The molecule has 2 amide bonds. The molecule has 1 fully saturated rings. The summed E-state index contributed by atoms with van der Waals surface area (Å²) in [6.07, 6.45) is 1.22. The Labute approximate surface area is 141 Å². The monoisotopic (exact) mass is 339 g/mol. The number of carbonyl (C=O) groups is 2. The topological polar surface area (TPSA) is 70.7 Å². The maximum absolute atomic E-state index is 12.6. The zero-order chi connectivity index (χ0) is 17.0. The molecule has 0 atom stereocenters. The van der Waals surface area contributed by atoms with Crippen LogP contribution in [0.2, 0.25) is 5.02 Å². The van der Waals surface area contributed by atoms with E-state index >= 15 is 0 Å². The fourth-order valence-electron chi connectivity index (χ4n) is 2.61. The second-order valence-corrected chi connectivity index (χ2v) is 6.20. The number of nitrogens with zero attached hydrogens (tertiary/aromatic N) is 1. The fraction of sp³-hybridized carbons (Fsp3) is 0.500. The van der Waals surface area contributed by atoms with Crippen LogP contribution in [0.25, 0.3) is 0 Å². The summed E-state index contributed by atoms with van der Waals surface area (Å²) in [6.45, 7) is 1.47. The second-order valence-electron chi connectivity index (χ2n) is 5.80. The summed E-state index contributed by atoms with van der Waals surface area (Å²) >= 11 is 6.17. The molecule has 0 bridgehead atoms. The van der Waals surface area contributed by atoms with Crippen LogP contribution >= 0.6 is 11.6 Å². The maximum Gasteiger partial charge on any atom is 0.256 e. The minimum Gasteiger partial charge on any atom is -0.368 e. The Kier molecular flexibility index (Phi) is 5.62. The van der Waals surface area contributed by atoms with E-state index < -0.39 is 5.60 Å². The Hall–Kier alpha value is -1.63. The number of hydrogen-bond acceptors (Lipinski definition) is 4. The van der Waals surface area contributed by atoms with E-state index in [-0.39, 0.29) is 11.8 Å². The third-order valence-corrected chi connectivity index (χ3v) is 4.39. The van der Waals surface area contributed by atoms with Crippen molar-refractivity contribution in [1.29, 1.82) is 0 Å².